The molecule has 0 saturated heterocycles. The molecule has 0 amide bonds. The Kier molecular flexibility index (Phi) is 41.1. The van der Waals surface area contributed by atoms with E-state index in [1.807, 2.05) is 0 Å². The topological polar surface area (TPSA) is 43.4 Å². The van der Waals surface area contributed by atoms with Crippen LogP contribution in [0.5, 0.6) is 0 Å². The molecule has 0 saturated carbocycles. The minimum absolute atomic E-state index is 0. The van der Waals surface area contributed by atoms with E-state index in [-0.39, 0.29) is 57.8 Å². The van der Waals surface area contributed by atoms with Gasteiger partial charge in [-0.3, -0.25) is 0 Å². The molecule has 3 nitrogen and oxygen atoms in total. The van der Waals surface area contributed by atoms with Gasteiger partial charge in [0.1, 0.15) is 0 Å². The fourth-order valence-corrected chi connectivity index (χ4v) is 5.84. The second kappa shape index (κ2) is 38.1. The standard InChI is InChI=1S/C36H73NO2.K/c1-3-5-7-9-11-13-15-17-19-21-23-25-27-29-33-37(35-31-32-36(38)39)34-30-28-26-24-22-20-18-16-14-12-10-8-6-4-2;/h3-35H2,1-2H3,(H,38,39);/q;+1/p-1. The van der Waals surface area contributed by atoms with Crippen LogP contribution in [-0.4, -0.2) is 30.5 Å². The number of carboxylic acid groups (broad SMARTS) is 1. The Morgan fingerprint density at radius 1 is 0.400 bits per heavy atom. The van der Waals surface area contributed by atoms with Gasteiger partial charge in [0.25, 0.3) is 0 Å². The van der Waals surface area contributed by atoms with Gasteiger partial charge in [0.2, 0.25) is 0 Å². The van der Waals surface area contributed by atoms with Crippen molar-refractivity contribution in [2.75, 3.05) is 19.6 Å². The fraction of sp³-hybridized carbons (Fsp3) is 0.972. The van der Waals surface area contributed by atoms with Crippen molar-refractivity contribution in [1.29, 1.82) is 0 Å². The van der Waals surface area contributed by atoms with Gasteiger partial charge < -0.3 is 14.8 Å². The summed E-state index contributed by atoms with van der Waals surface area (Å²) in [6.07, 6.45) is 40.1. The molecule has 0 aromatic carbocycles. The van der Waals surface area contributed by atoms with E-state index in [0.717, 1.165) is 26.1 Å². The van der Waals surface area contributed by atoms with E-state index >= 15 is 0 Å². The fourth-order valence-electron chi connectivity index (χ4n) is 5.84. The number of carbonyl (C=O) groups is 1. The van der Waals surface area contributed by atoms with Crippen LogP contribution in [0.1, 0.15) is 206 Å². The first-order chi connectivity index (χ1) is 19.2. The monoisotopic (exact) mass is 590 g/mol. The Morgan fingerprint density at radius 3 is 0.875 bits per heavy atom. The first-order valence-electron chi connectivity index (χ1n) is 18.1. The van der Waals surface area contributed by atoms with Gasteiger partial charge in [-0.15, -0.1) is 0 Å². The molecule has 0 N–H and O–H groups in total. The van der Waals surface area contributed by atoms with Crippen LogP contribution in [0.4, 0.5) is 0 Å². The van der Waals surface area contributed by atoms with Crippen molar-refractivity contribution in [2.24, 2.45) is 0 Å². The molecule has 0 unspecified atom stereocenters. The molecule has 0 spiro atoms. The van der Waals surface area contributed by atoms with Crippen LogP contribution in [0, 0.1) is 0 Å². The summed E-state index contributed by atoms with van der Waals surface area (Å²) in [7, 11) is 0. The summed E-state index contributed by atoms with van der Waals surface area (Å²) in [5, 5.41) is 10.8. The second-order valence-corrected chi connectivity index (χ2v) is 12.5. The van der Waals surface area contributed by atoms with Gasteiger partial charge in [-0.25, -0.2) is 0 Å². The zero-order chi connectivity index (χ0) is 28.5. The minimum Gasteiger partial charge on any atom is -0.550 e. The van der Waals surface area contributed by atoms with E-state index in [4.69, 9.17) is 0 Å². The zero-order valence-corrected chi connectivity index (χ0v) is 31.2. The summed E-state index contributed by atoms with van der Waals surface area (Å²) in [5.41, 5.74) is 0. The van der Waals surface area contributed by atoms with Crippen molar-refractivity contribution >= 4 is 5.97 Å². The first-order valence-corrected chi connectivity index (χ1v) is 18.1. The van der Waals surface area contributed by atoms with Gasteiger partial charge in [0.15, 0.2) is 0 Å². The van der Waals surface area contributed by atoms with Crippen molar-refractivity contribution in [2.45, 2.75) is 206 Å². The van der Waals surface area contributed by atoms with Crippen molar-refractivity contribution in [3.8, 4) is 0 Å². The minimum atomic E-state index is -0.900. The molecule has 0 atom stereocenters. The molecule has 0 radical (unpaired) electrons. The van der Waals surface area contributed by atoms with E-state index in [1.165, 1.54) is 180 Å². The predicted molar refractivity (Wildman–Crippen MR) is 171 cm³/mol. The van der Waals surface area contributed by atoms with Crippen molar-refractivity contribution in [3.63, 3.8) is 0 Å². The van der Waals surface area contributed by atoms with Crippen LogP contribution in [0.15, 0.2) is 0 Å². The molecule has 0 aliphatic carbocycles. The van der Waals surface area contributed by atoms with E-state index in [2.05, 4.69) is 18.7 Å². The number of carboxylic acids is 1. The number of unbranched alkanes of at least 4 members (excludes halogenated alkanes) is 26. The summed E-state index contributed by atoms with van der Waals surface area (Å²) >= 11 is 0. The predicted octanol–water partition coefficient (Wildman–Crippen LogP) is 7.79. The van der Waals surface area contributed by atoms with Gasteiger partial charge in [-0.1, -0.05) is 181 Å². The largest absolute Gasteiger partial charge is 1.00 e. The Labute approximate surface area is 295 Å². The van der Waals surface area contributed by atoms with Crippen LogP contribution in [0.2, 0.25) is 0 Å². The average Bonchev–Trinajstić information content (AvgIpc) is 2.92. The number of rotatable bonds is 34. The molecule has 0 aromatic heterocycles. The van der Waals surface area contributed by atoms with Crippen molar-refractivity contribution in [3.05, 3.63) is 0 Å². The Bertz CT molecular complexity index is 442. The normalized spacial score (nSPS) is 11.3. The van der Waals surface area contributed by atoms with Gasteiger partial charge in [0, 0.05) is 5.97 Å². The summed E-state index contributed by atoms with van der Waals surface area (Å²) in [4.78, 5) is 13.4. The molecule has 0 aliphatic rings. The average molecular weight is 590 g/mol. The number of aliphatic carboxylic acids is 1. The first kappa shape index (κ1) is 43.2. The summed E-state index contributed by atoms with van der Waals surface area (Å²) in [6, 6.07) is 0. The third-order valence-electron chi connectivity index (χ3n) is 8.51. The molecule has 0 heterocycles. The van der Waals surface area contributed by atoms with E-state index < -0.39 is 5.97 Å². The van der Waals surface area contributed by atoms with Crippen LogP contribution in [0.25, 0.3) is 0 Å². The molecule has 0 aliphatic heterocycles. The van der Waals surface area contributed by atoms with Gasteiger partial charge >= 0.3 is 51.4 Å². The zero-order valence-electron chi connectivity index (χ0n) is 28.1. The van der Waals surface area contributed by atoms with E-state index in [0.29, 0.717) is 0 Å². The molecule has 0 rings (SSSR count). The smallest absolute Gasteiger partial charge is 0.550 e. The molecular formula is C36H72KNO2. The van der Waals surface area contributed by atoms with E-state index in [1.54, 1.807) is 0 Å². The summed E-state index contributed by atoms with van der Waals surface area (Å²) in [6.45, 7) is 7.79. The van der Waals surface area contributed by atoms with Crippen molar-refractivity contribution < 1.29 is 61.3 Å². The van der Waals surface area contributed by atoms with Gasteiger partial charge in [-0.2, -0.15) is 0 Å². The van der Waals surface area contributed by atoms with Crippen LogP contribution < -0.4 is 56.5 Å². The summed E-state index contributed by atoms with van der Waals surface area (Å²) < 4.78 is 0. The molecule has 234 valence electrons. The molecule has 4 heteroatoms. The van der Waals surface area contributed by atoms with Crippen LogP contribution in [0.3, 0.4) is 0 Å². The third-order valence-corrected chi connectivity index (χ3v) is 8.51. The number of hydrogen-bond donors (Lipinski definition) is 0. The van der Waals surface area contributed by atoms with Gasteiger partial charge in [0.05, 0.1) is 0 Å². The maximum Gasteiger partial charge on any atom is 1.00 e. The van der Waals surface area contributed by atoms with Crippen LogP contribution >= 0.6 is 0 Å². The van der Waals surface area contributed by atoms with Crippen molar-refractivity contribution in [1.82, 2.24) is 4.90 Å². The number of hydrogen-bond acceptors (Lipinski definition) is 3. The Hall–Kier alpha value is 1.07. The molecule has 0 aromatic rings. The third kappa shape index (κ3) is 37.1. The number of carbonyl (C=O) groups excluding carboxylic acids is 1. The SMILES string of the molecule is CCCCCCCCCCCCCCCCN(CCCCCCCCCCCCCCCC)CCCC(=O)[O-].[K+]. The maximum absolute atomic E-state index is 10.8. The molecule has 40 heavy (non-hydrogen) atoms. The quantitative estimate of drug-likeness (QED) is 0.0568. The maximum atomic E-state index is 10.8. The van der Waals surface area contributed by atoms with E-state index in [9.17, 15) is 9.90 Å². The Balaban J connectivity index is 0. The number of nitrogens with zero attached hydrogens (tertiary/aromatic N) is 1. The van der Waals surface area contributed by atoms with Gasteiger partial charge in [-0.05, 0) is 45.3 Å². The molecular weight excluding hydrogens is 517 g/mol. The van der Waals surface area contributed by atoms with Crippen LogP contribution in [-0.2, 0) is 4.79 Å². The Morgan fingerprint density at radius 2 is 0.625 bits per heavy atom. The second-order valence-electron chi connectivity index (χ2n) is 12.5. The molecule has 0 fully saturated rings. The summed E-state index contributed by atoms with van der Waals surface area (Å²) in [5.74, 6) is -0.900. The molecule has 0 bridgehead atoms.